The highest BCUT2D eigenvalue weighted by Gasteiger charge is 2.49. The van der Waals surface area contributed by atoms with Gasteiger partial charge >= 0.3 is 0 Å². The molecule has 3 aliphatic carbocycles. The third kappa shape index (κ3) is 1.73. The first kappa shape index (κ1) is 11.1. The Morgan fingerprint density at radius 2 is 1.44 bits per heavy atom. The summed E-state index contributed by atoms with van der Waals surface area (Å²) < 4.78 is 0. The molecule has 3 fully saturated rings. The molecule has 3 aliphatic rings. The molecule has 0 aromatic heterocycles. The topological polar surface area (TPSA) is 0 Å². The fourth-order valence-corrected chi connectivity index (χ4v) is 5.37. The molecule has 3 saturated carbocycles. The fourth-order valence-electron chi connectivity index (χ4n) is 5.37. The molecule has 0 bridgehead atoms. The summed E-state index contributed by atoms with van der Waals surface area (Å²) in [5.41, 5.74) is 0.755. The van der Waals surface area contributed by atoms with Crippen LogP contribution in [0.2, 0.25) is 0 Å². The second kappa shape index (κ2) is 4.35. The van der Waals surface area contributed by atoms with Gasteiger partial charge in [0.05, 0.1) is 0 Å². The average Bonchev–Trinajstić information content (AvgIpc) is 2.71. The van der Waals surface area contributed by atoms with Crippen molar-refractivity contribution in [2.45, 2.75) is 77.6 Å². The molecule has 0 spiro atoms. The molecule has 92 valence electrons. The molecule has 0 saturated heterocycles. The predicted octanol–water partition coefficient (Wildman–Crippen LogP) is 5.17. The lowest BCUT2D eigenvalue weighted by atomic mass is 9.61. The van der Waals surface area contributed by atoms with Crippen LogP contribution in [-0.4, -0.2) is 0 Å². The standard InChI is InChI=1S/C16H28/c1-16(14-8-3-2-4-9-14)12-11-13-7-5-6-10-15(13)16/h13-15H,2-12H2,1H3. The van der Waals surface area contributed by atoms with Crippen LogP contribution in [0, 0.1) is 23.2 Å². The van der Waals surface area contributed by atoms with Crippen LogP contribution in [0.5, 0.6) is 0 Å². The van der Waals surface area contributed by atoms with Crippen molar-refractivity contribution < 1.29 is 0 Å². The second-order valence-electron chi connectivity index (χ2n) is 7.03. The first-order valence-corrected chi connectivity index (χ1v) is 7.81. The zero-order valence-corrected chi connectivity index (χ0v) is 11.0. The van der Waals surface area contributed by atoms with Gasteiger partial charge in [0, 0.05) is 0 Å². The molecule has 0 amide bonds. The van der Waals surface area contributed by atoms with Crippen LogP contribution in [-0.2, 0) is 0 Å². The summed E-state index contributed by atoms with van der Waals surface area (Å²) in [6.45, 7) is 2.67. The van der Waals surface area contributed by atoms with Gasteiger partial charge in [0.2, 0.25) is 0 Å². The Morgan fingerprint density at radius 1 is 0.750 bits per heavy atom. The lowest BCUT2D eigenvalue weighted by Gasteiger charge is -2.44. The number of fused-ring (bicyclic) bond motifs is 1. The van der Waals surface area contributed by atoms with Crippen LogP contribution in [0.1, 0.15) is 77.6 Å². The van der Waals surface area contributed by atoms with E-state index in [2.05, 4.69) is 6.92 Å². The van der Waals surface area contributed by atoms with Crippen LogP contribution >= 0.6 is 0 Å². The van der Waals surface area contributed by atoms with Crippen molar-refractivity contribution in [1.82, 2.24) is 0 Å². The van der Waals surface area contributed by atoms with Crippen LogP contribution in [0.3, 0.4) is 0 Å². The van der Waals surface area contributed by atoms with E-state index >= 15 is 0 Å². The highest BCUT2D eigenvalue weighted by molar-refractivity contribution is 4.99. The van der Waals surface area contributed by atoms with Crippen molar-refractivity contribution >= 4 is 0 Å². The molecule has 0 heterocycles. The predicted molar refractivity (Wildman–Crippen MR) is 69.4 cm³/mol. The number of hydrogen-bond donors (Lipinski definition) is 0. The van der Waals surface area contributed by atoms with Gasteiger partial charge in [0.1, 0.15) is 0 Å². The minimum atomic E-state index is 0.755. The average molecular weight is 220 g/mol. The monoisotopic (exact) mass is 220 g/mol. The van der Waals surface area contributed by atoms with E-state index in [4.69, 9.17) is 0 Å². The van der Waals surface area contributed by atoms with Crippen molar-refractivity contribution in [2.24, 2.45) is 23.2 Å². The maximum absolute atomic E-state index is 2.67. The summed E-state index contributed by atoms with van der Waals surface area (Å²) in [7, 11) is 0. The van der Waals surface area contributed by atoms with Gasteiger partial charge in [-0.25, -0.2) is 0 Å². The normalized spacial score (nSPS) is 45.6. The zero-order valence-electron chi connectivity index (χ0n) is 11.0. The van der Waals surface area contributed by atoms with E-state index in [1.165, 1.54) is 32.1 Å². The van der Waals surface area contributed by atoms with Gasteiger partial charge in [-0.2, -0.15) is 0 Å². The number of rotatable bonds is 1. The molecule has 3 atom stereocenters. The van der Waals surface area contributed by atoms with Gasteiger partial charge in [0.15, 0.2) is 0 Å². The Kier molecular flexibility index (Phi) is 3.02. The minimum Gasteiger partial charge on any atom is -0.0591 e. The SMILES string of the molecule is CC1(C2CCCCC2)CCC2CCCCC21. The van der Waals surface area contributed by atoms with Crippen LogP contribution < -0.4 is 0 Å². The quantitative estimate of drug-likeness (QED) is 0.571. The lowest BCUT2D eigenvalue weighted by molar-refractivity contribution is 0.0548. The molecule has 0 nitrogen and oxygen atoms in total. The number of hydrogen-bond acceptors (Lipinski definition) is 0. The molecule has 0 heteroatoms. The molecule has 0 aliphatic heterocycles. The van der Waals surface area contributed by atoms with Crippen molar-refractivity contribution in [1.29, 1.82) is 0 Å². The van der Waals surface area contributed by atoms with Gasteiger partial charge in [-0.05, 0) is 55.3 Å². The summed E-state index contributed by atoms with van der Waals surface area (Å²) >= 11 is 0. The highest BCUT2D eigenvalue weighted by atomic mass is 14.5. The molecule has 0 radical (unpaired) electrons. The molecule has 16 heavy (non-hydrogen) atoms. The van der Waals surface area contributed by atoms with E-state index < -0.39 is 0 Å². The van der Waals surface area contributed by atoms with Gasteiger partial charge in [-0.15, -0.1) is 0 Å². The van der Waals surface area contributed by atoms with Gasteiger partial charge < -0.3 is 0 Å². The van der Waals surface area contributed by atoms with Crippen molar-refractivity contribution in [2.75, 3.05) is 0 Å². The molecule has 3 unspecified atom stereocenters. The van der Waals surface area contributed by atoms with E-state index in [0.717, 1.165) is 23.2 Å². The van der Waals surface area contributed by atoms with Crippen molar-refractivity contribution in [3.8, 4) is 0 Å². The summed E-state index contributed by atoms with van der Waals surface area (Å²) in [6.07, 6.45) is 17.0. The fraction of sp³-hybridized carbons (Fsp3) is 1.00. The van der Waals surface area contributed by atoms with Crippen LogP contribution in [0.4, 0.5) is 0 Å². The Bertz CT molecular complexity index is 238. The third-order valence-electron chi connectivity index (χ3n) is 6.35. The van der Waals surface area contributed by atoms with E-state index in [0.29, 0.717) is 0 Å². The van der Waals surface area contributed by atoms with E-state index in [-0.39, 0.29) is 0 Å². The Hall–Kier alpha value is 0. The van der Waals surface area contributed by atoms with E-state index in [1.807, 2.05) is 0 Å². The maximum Gasteiger partial charge on any atom is -0.0266 e. The molecular formula is C16H28. The molecule has 3 rings (SSSR count). The molecule has 0 aromatic carbocycles. The highest BCUT2D eigenvalue weighted by Crippen LogP contribution is 2.59. The van der Waals surface area contributed by atoms with Crippen LogP contribution in [0.25, 0.3) is 0 Å². The first-order valence-electron chi connectivity index (χ1n) is 7.81. The molecule has 0 N–H and O–H groups in total. The Morgan fingerprint density at radius 3 is 2.25 bits per heavy atom. The van der Waals surface area contributed by atoms with Gasteiger partial charge in [0.25, 0.3) is 0 Å². The molecule has 0 aromatic rings. The Labute approximate surface area is 101 Å². The maximum atomic E-state index is 2.67. The second-order valence-corrected chi connectivity index (χ2v) is 7.03. The van der Waals surface area contributed by atoms with Crippen LogP contribution in [0.15, 0.2) is 0 Å². The largest absolute Gasteiger partial charge is 0.0591 e. The minimum absolute atomic E-state index is 0.755. The summed E-state index contributed by atoms with van der Waals surface area (Å²) in [5.74, 6) is 3.33. The summed E-state index contributed by atoms with van der Waals surface area (Å²) in [4.78, 5) is 0. The van der Waals surface area contributed by atoms with Gasteiger partial charge in [-0.3, -0.25) is 0 Å². The zero-order chi connectivity index (χ0) is 11.0. The first-order chi connectivity index (χ1) is 7.81. The Balaban J connectivity index is 1.75. The van der Waals surface area contributed by atoms with Gasteiger partial charge in [-0.1, -0.05) is 45.4 Å². The summed E-state index contributed by atoms with van der Waals surface area (Å²) in [6, 6.07) is 0. The van der Waals surface area contributed by atoms with E-state index in [1.54, 1.807) is 38.5 Å². The smallest absolute Gasteiger partial charge is 0.0266 e. The third-order valence-corrected chi connectivity index (χ3v) is 6.35. The summed E-state index contributed by atoms with van der Waals surface area (Å²) in [5, 5.41) is 0. The van der Waals surface area contributed by atoms with Crippen molar-refractivity contribution in [3.63, 3.8) is 0 Å². The van der Waals surface area contributed by atoms with E-state index in [9.17, 15) is 0 Å². The van der Waals surface area contributed by atoms with Crippen molar-refractivity contribution in [3.05, 3.63) is 0 Å². The molecular weight excluding hydrogens is 192 g/mol. The lowest BCUT2D eigenvalue weighted by Crippen LogP contribution is -2.35.